The van der Waals surface area contributed by atoms with Crippen molar-refractivity contribution < 1.29 is 13.2 Å². The molecular weight excluding hydrogens is 212 g/mol. The van der Waals surface area contributed by atoms with Gasteiger partial charge in [-0.2, -0.15) is 0 Å². The highest BCUT2D eigenvalue weighted by atomic mass is 32.2. The first-order chi connectivity index (χ1) is 7.17. The maximum absolute atomic E-state index is 11.7. The smallest absolute Gasteiger partial charge is 0.180 e. The highest BCUT2D eigenvalue weighted by Gasteiger charge is 2.12. The number of ether oxygens (including phenoxy) is 1. The maximum Gasteiger partial charge on any atom is 0.180 e. The summed E-state index contributed by atoms with van der Waals surface area (Å²) in [5.74, 6) is 0.00481. The van der Waals surface area contributed by atoms with Crippen LogP contribution < -0.4 is 0 Å². The summed E-state index contributed by atoms with van der Waals surface area (Å²) < 4.78 is 28.4. The van der Waals surface area contributed by atoms with Crippen LogP contribution in [0.3, 0.4) is 0 Å². The lowest BCUT2D eigenvalue weighted by molar-refractivity contribution is 0.179. The predicted molar refractivity (Wildman–Crippen MR) is 59.5 cm³/mol. The number of benzene rings is 1. The molecule has 0 saturated carbocycles. The zero-order valence-electron chi connectivity index (χ0n) is 8.43. The fourth-order valence-corrected chi connectivity index (χ4v) is 2.23. The Hall–Kier alpha value is -1.13. The van der Waals surface area contributed by atoms with Crippen LogP contribution >= 0.6 is 0 Å². The molecule has 0 bridgehead atoms. The molecule has 0 aromatic heterocycles. The van der Waals surface area contributed by atoms with Crippen molar-refractivity contribution in [1.29, 1.82) is 0 Å². The highest BCUT2D eigenvalue weighted by molar-refractivity contribution is 7.91. The third-order valence-corrected chi connectivity index (χ3v) is 3.53. The second kappa shape index (κ2) is 5.68. The minimum absolute atomic E-state index is 0.00481. The van der Waals surface area contributed by atoms with E-state index < -0.39 is 9.84 Å². The topological polar surface area (TPSA) is 43.4 Å². The van der Waals surface area contributed by atoms with E-state index in [0.717, 1.165) is 0 Å². The Morgan fingerprint density at radius 1 is 1.27 bits per heavy atom. The van der Waals surface area contributed by atoms with Crippen molar-refractivity contribution in [3.05, 3.63) is 43.0 Å². The van der Waals surface area contributed by atoms with Gasteiger partial charge in [0.2, 0.25) is 0 Å². The van der Waals surface area contributed by atoms with Gasteiger partial charge in [-0.15, -0.1) is 6.58 Å². The highest BCUT2D eigenvalue weighted by Crippen LogP contribution is 2.09. The van der Waals surface area contributed by atoms with E-state index in [-0.39, 0.29) is 12.4 Å². The van der Waals surface area contributed by atoms with E-state index in [1.807, 2.05) is 0 Å². The molecule has 3 nitrogen and oxygen atoms in total. The van der Waals surface area contributed by atoms with E-state index >= 15 is 0 Å². The maximum atomic E-state index is 11.7. The molecule has 0 spiro atoms. The van der Waals surface area contributed by atoms with Crippen LogP contribution in [0, 0.1) is 0 Å². The zero-order valence-corrected chi connectivity index (χ0v) is 9.24. The molecule has 4 heteroatoms. The zero-order chi connectivity index (χ0) is 11.1. The number of hydrogen-bond donors (Lipinski definition) is 0. The van der Waals surface area contributed by atoms with Gasteiger partial charge in [-0.25, -0.2) is 8.42 Å². The number of sulfone groups is 1. The summed E-state index contributed by atoms with van der Waals surface area (Å²) in [6.07, 6.45) is 1.59. The summed E-state index contributed by atoms with van der Waals surface area (Å²) in [4.78, 5) is 0.340. The Morgan fingerprint density at radius 2 is 1.93 bits per heavy atom. The van der Waals surface area contributed by atoms with E-state index in [0.29, 0.717) is 11.5 Å². The van der Waals surface area contributed by atoms with E-state index in [1.54, 1.807) is 36.4 Å². The third kappa shape index (κ3) is 3.85. The fourth-order valence-electron chi connectivity index (χ4n) is 1.08. The average Bonchev–Trinajstić information content (AvgIpc) is 2.26. The lowest BCUT2D eigenvalue weighted by atomic mass is 10.4. The molecule has 0 fully saturated rings. The van der Waals surface area contributed by atoms with Crippen molar-refractivity contribution in [3.8, 4) is 0 Å². The molecule has 82 valence electrons. The minimum atomic E-state index is -3.20. The Labute approximate surface area is 90.3 Å². The van der Waals surface area contributed by atoms with Crippen molar-refractivity contribution in [2.24, 2.45) is 0 Å². The monoisotopic (exact) mass is 226 g/mol. The van der Waals surface area contributed by atoms with Gasteiger partial charge in [0.25, 0.3) is 0 Å². The van der Waals surface area contributed by atoms with Gasteiger partial charge >= 0.3 is 0 Å². The van der Waals surface area contributed by atoms with Gasteiger partial charge in [0, 0.05) is 0 Å². The molecule has 0 amide bonds. The molecule has 0 heterocycles. The van der Waals surface area contributed by atoms with E-state index in [2.05, 4.69) is 6.58 Å². The van der Waals surface area contributed by atoms with Gasteiger partial charge in [-0.1, -0.05) is 24.3 Å². The molecule has 0 radical (unpaired) electrons. The largest absolute Gasteiger partial charge is 0.376 e. The van der Waals surface area contributed by atoms with E-state index in [4.69, 9.17) is 4.74 Å². The lowest BCUT2D eigenvalue weighted by Gasteiger charge is -2.03. The van der Waals surface area contributed by atoms with Gasteiger partial charge in [0.15, 0.2) is 9.84 Å². The van der Waals surface area contributed by atoms with Crippen molar-refractivity contribution in [2.45, 2.75) is 4.90 Å². The molecule has 1 rings (SSSR count). The Bertz CT molecular complexity index is 395. The first kappa shape index (κ1) is 11.9. The van der Waals surface area contributed by atoms with Gasteiger partial charge in [0.1, 0.15) is 0 Å². The van der Waals surface area contributed by atoms with Gasteiger partial charge in [0.05, 0.1) is 23.9 Å². The summed E-state index contributed by atoms with van der Waals surface area (Å²) in [6, 6.07) is 8.37. The average molecular weight is 226 g/mol. The molecule has 0 saturated heterocycles. The summed E-state index contributed by atoms with van der Waals surface area (Å²) in [5.41, 5.74) is 0. The van der Waals surface area contributed by atoms with E-state index in [1.165, 1.54) is 0 Å². The molecule has 0 N–H and O–H groups in total. The van der Waals surface area contributed by atoms with Crippen LogP contribution in [0.4, 0.5) is 0 Å². The molecule has 1 aromatic rings. The standard InChI is InChI=1S/C11H14O3S/c1-2-8-14-9-10-15(12,13)11-6-4-3-5-7-11/h2-7H,1,8-10H2. The molecule has 15 heavy (non-hydrogen) atoms. The molecule has 0 atom stereocenters. The van der Waals surface area contributed by atoms with Gasteiger partial charge < -0.3 is 4.74 Å². The normalized spacial score (nSPS) is 11.2. The van der Waals surface area contributed by atoms with Crippen LogP contribution in [0.5, 0.6) is 0 Å². The SMILES string of the molecule is C=CCOCCS(=O)(=O)c1ccccc1. The van der Waals surface area contributed by atoms with Crippen LogP contribution in [0.25, 0.3) is 0 Å². The lowest BCUT2D eigenvalue weighted by Crippen LogP contribution is -2.12. The quantitative estimate of drug-likeness (QED) is 0.547. The van der Waals surface area contributed by atoms with Crippen molar-refractivity contribution >= 4 is 9.84 Å². The van der Waals surface area contributed by atoms with Crippen LogP contribution in [-0.4, -0.2) is 27.4 Å². The molecule has 0 aliphatic carbocycles. The Balaban J connectivity index is 2.57. The summed E-state index contributed by atoms with van der Waals surface area (Å²) >= 11 is 0. The third-order valence-electron chi connectivity index (χ3n) is 1.83. The summed E-state index contributed by atoms with van der Waals surface area (Å²) in [5, 5.41) is 0. The van der Waals surface area contributed by atoms with E-state index in [9.17, 15) is 8.42 Å². The predicted octanol–water partition coefficient (Wildman–Crippen LogP) is 1.66. The van der Waals surface area contributed by atoms with Crippen molar-refractivity contribution in [1.82, 2.24) is 0 Å². The first-order valence-corrected chi connectivity index (χ1v) is 6.28. The van der Waals surface area contributed by atoms with Crippen molar-refractivity contribution in [2.75, 3.05) is 19.0 Å². The fraction of sp³-hybridized carbons (Fsp3) is 0.273. The molecule has 0 aliphatic rings. The summed E-state index contributed by atoms with van der Waals surface area (Å²) in [6.45, 7) is 4.06. The van der Waals surface area contributed by atoms with Crippen molar-refractivity contribution in [3.63, 3.8) is 0 Å². The molecular formula is C11H14O3S. The molecule has 0 aliphatic heterocycles. The van der Waals surface area contributed by atoms with Crippen LogP contribution in [0.15, 0.2) is 47.9 Å². The Kier molecular flexibility index (Phi) is 4.52. The van der Waals surface area contributed by atoms with Gasteiger partial charge in [-0.3, -0.25) is 0 Å². The number of rotatable bonds is 6. The molecule has 1 aromatic carbocycles. The van der Waals surface area contributed by atoms with Gasteiger partial charge in [-0.05, 0) is 12.1 Å². The summed E-state index contributed by atoms with van der Waals surface area (Å²) in [7, 11) is -3.20. The number of hydrogen-bond acceptors (Lipinski definition) is 3. The second-order valence-corrected chi connectivity index (χ2v) is 5.10. The minimum Gasteiger partial charge on any atom is -0.376 e. The molecule has 0 unspecified atom stereocenters. The first-order valence-electron chi connectivity index (χ1n) is 4.63. The van der Waals surface area contributed by atoms with Crippen LogP contribution in [0.2, 0.25) is 0 Å². The van der Waals surface area contributed by atoms with Crippen LogP contribution in [-0.2, 0) is 14.6 Å². The Morgan fingerprint density at radius 3 is 2.53 bits per heavy atom. The van der Waals surface area contributed by atoms with Crippen LogP contribution in [0.1, 0.15) is 0 Å². The second-order valence-electron chi connectivity index (χ2n) is 3.00.